The molecule has 0 saturated carbocycles. The monoisotopic (exact) mass is 617 g/mol. The number of nitrogens with one attached hydrogen (secondary N) is 2. The highest BCUT2D eigenvalue weighted by molar-refractivity contribution is 7.89. The molecule has 3 unspecified atom stereocenters. The number of nitrogens with zero attached hydrogens (tertiary/aromatic N) is 2. The van der Waals surface area contributed by atoms with E-state index in [4.69, 9.17) is 16.7 Å². The normalized spacial score (nSPS) is 18.6. The van der Waals surface area contributed by atoms with E-state index >= 15 is 0 Å². The summed E-state index contributed by atoms with van der Waals surface area (Å²) in [7, 11) is -3.88. The third-order valence-corrected chi connectivity index (χ3v) is 9.92. The van der Waals surface area contributed by atoms with E-state index in [1.165, 1.54) is 17.2 Å². The van der Waals surface area contributed by atoms with Gasteiger partial charge in [-0.05, 0) is 65.9 Å². The molecule has 2 aliphatic rings. The van der Waals surface area contributed by atoms with Crippen molar-refractivity contribution >= 4 is 33.2 Å². The molecule has 1 amide bonds. The van der Waals surface area contributed by atoms with Crippen LogP contribution in [0.5, 0.6) is 0 Å². The number of H-pyrrole nitrogens is 1. The first-order valence-electron chi connectivity index (χ1n) is 14.6. The van der Waals surface area contributed by atoms with Crippen molar-refractivity contribution in [3.8, 4) is 0 Å². The van der Waals surface area contributed by atoms with Gasteiger partial charge < -0.3 is 20.1 Å². The second-order valence-corrected chi connectivity index (χ2v) is 13.3. The smallest absolute Gasteiger partial charge is 0.240 e. The molecule has 0 spiro atoms. The zero-order valence-corrected chi connectivity index (χ0v) is 25.4. The van der Waals surface area contributed by atoms with E-state index < -0.39 is 10.0 Å². The highest BCUT2D eigenvalue weighted by atomic mass is 35.5. The summed E-state index contributed by atoms with van der Waals surface area (Å²) >= 11 is 6.27. The molecule has 10 heteroatoms. The van der Waals surface area contributed by atoms with Crippen LogP contribution in [0.15, 0.2) is 96.0 Å². The number of para-hydroxylation sites is 1. The van der Waals surface area contributed by atoms with Crippen LogP contribution in [0.3, 0.4) is 0 Å². The van der Waals surface area contributed by atoms with Crippen molar-refractivity contribution in [1.82, 2.24) is 15.2 Å². The summed E-state index contributed by atoms with van der Waals surface area (Å²) in [4.78, 5) is 22.0. The summed E-state index contributed by atoms with van der Waals surface area (Å²) < 4.78 is 24.5. The Kier molecular flexibility index (Phi) is 8.59. The number of amides is 1. The molecule has 224 valence electrons. The average molecular weight is 618 g/mol. The van der Waals surface area contributed by atoms with E-state index in [-0.39, 0.29) is 28.7 Å². The highest BCUT2D eigenvalue weighted by Gasteiger charge is 2.38. The Labute approximate surface area is 257 Å². The van der Waals surface area contributed by atoms with Gasteiger partial charge >= 0.3 is 0 Å². The summed E-state index contributed by atoms with van der Waals surface area (Å²) in [5.74, 6) is -0.444. The lowest BCUT2D eigenvalue weighted by atomic mass is 9.77. The predicted octanol–water partition coefficient (Wildman–Crippen LogP) is 4.52. The summed E-state index contributed by atoms with van der Waals surface area (Å²) in [6.07, 6.45) is 3.42. The number of carbonyl (C=O) groups is 1. The highest BCUT2D eigenvalue weighted by Crippen LogP contribution is 2.37. The van der Waals surface area contributed by atoms with E-state index in [1.807, 2.05) is 52.4 Å². The Morgan fingerprint density at radius 1 is 0.907 bits per heavy atom. The van der Waals surface area contributed by atoms with Crippen molar-refractivity contribution in [2.24, 2.45) is 11.1 Å². The molecule has 3 heterocycles. The van der Waals surface area contributed by atoms with Gasteiger partial charge in [-0.1, -0.05) is 60.1 Å². The maximum atomic E-state index is 14.6. The van der Waals surface area contributed by atoms with Crippen LogP contribution >= 0.6 is 11.6 Å². The molecule has 8 nitrogen and oxygen atoms in total. The van der Waals surface area contributed by atoms with Gasteiger partial charge in [0.25, 0.3) is 0 Å². The van der Waals surface area contributed by atoms with E-state index in [9.17, 15) is 13.2 Å². The zero-order valence-electron chi connectivity index (χ0n) is 23.8. The van der Waals surface area contributed by atoms with Crippen LogP contribution in [-0.2, 0) is 27.8 Å². The van der Waals surface area contributed by atoms with Crippen molar-refractivity contribution in [3.05, 3.63) is 119 Å². The molecule has 2 aliphatic heterocycles. The van der Waals surface area contributed by atoms with Gasteiger partial charge in [0.15, 0.2) is 0 Å². The molecule has 0 radical (unpaired) electrons. The average Bonchev–Trinajstić information content (AvgIpc) is 3.55. The molecule has 3 atom stereocenters. The van der Waals surface area contributed by atoms with Gasteiger partial charge in [0.05, 0.1) is 11.6 Å². The number of carbonyl (C=O) groups excluding carboxylic acids is 1. The van der Waals surface area contributed by atoms with E-state index in [0.717, 1.165) is 24.2 Å². The summed E-state index contributed by atoms with van der Waals surface area (Å²) in [6.45, 7) is 2.75. The number of hydrogen-bond donors (Lipinski definition) is 3. The molecule has 4 aromatic rings. The number of primary sulfonamides is 1. The number of fused-ring (bicyclic) bond motifs is 1. The molecule has 6 rings (SSSR count). The van der Waals surface area contributed by atoms with Crippen molar-refractivity contribution < 1.29 is 13.2 Å². The fraction of sp³-hybridized carbons (Fsp3) is 0.303. The Balaban J connectivity index is 1.29. The number of rotatable bonds is 8. The summed E-state index contributed by atoms with van der Waals surface area (Å²) in [5, 5.41) is 9.85. The maximum Gasteiger partial charge on any atom is 0.240 e. The standard InChI is InChI=1S/C33H36ClN5O3S/c34-26-13-11-23(12-14-26)32(29-8-5-15-36-29)28(21-27-20-24-6-1-2-7-25(24)22-37-27)33(40)39-18-16-38(17-19-39)30-9-3-4-10-31(30)43(35,41)42/h1-15,27-28,32,36-37H,16-22H2,(H2,35,41,42). The molecular formula is C33H36ClN5O3S. The Bertz CT molecular complexity index is 1670. The number of aromatic amines is 1. The number of anilines is 1. The Morgan fingerprint density at radius 3 is 2.30 bits per heavy atom. The third-order valence-electron chi connectivity index (χ3n) is 8.71. The lowest BCUT2D eigenvalue weighted by Gasteiger charge is -2.40. The molecule has 1 saturated heterocycles. The van der Waals surface area contributed by atoms with Gasteiger partial charge in [0.2, 0.25) is 15.9 Å². The lowest BCUT2D eigenvalue weighted by molar-refractivity contribution is -0.136. The molecule has 0 bridgehead atoms. The molecule has 4 N–H and O–H groups in total. The number of sulfonamides is 1. The van der Waals surface area contributed by atoms with Gasteiger partial charge in [-0.15, -0.1) is 0 Å². The zero-order chi connectivity index (χ0) is 30.0. The fourth-order valence-corrected chi connectivity index (χ4v) is 7.45. The first-order valence-corrected chi connectivity index (χ1v) is 16.5. The second kappa shape index (κ2) is 12.5. The Hall–Kier alpha value is -3.63. The first kappa shape index (κ1) is 29.4. The van der Waals surface area contributed by atoms with E-state index in [2.05, 4.69) is 34.6 Å². The number of piperazine rings is 1. The SMILES string of the molecule is NS(=O)(=O)c1ccccc1N1CCN(C(=O)C(CC2Cc3ccccc3CN2)C(c2ccc(Cl)cc2)c2ccc[nH]2)CC1. The van der Waals surface area contributed by atoms with Gasteiger partial charge in [-0.25, -0.2) is 13.6 Å². The second-order valence-electron chi connectivity index (χ2n) is 11.4. The van der Waals surface area contributed by atoms with Crippen LogP contribution in [0.4, 0.5) is 5.69 Å². The topological polar surface area (TPSA) is 112 Å². The van der Waals surface area contributed by atoms with Gasteiger partial charge in [0, 0.05) is 61.6 Å². The van der Waals surface area contributed by atoms with Crippen molar-refractivity contribution in [1.29, 1.82) is 0 Å². The van der Waals surface area contributed by atoms with E-state index in [1.54, 1.807) is 18.2 Å². The largest absolute Gasteiger partial charge is 0.367 e. The number of aromatic nitrogens is 1. The fourth-order valence-electron chi connectivity index (χ4n) is 6.57. The van der Waals surface area contributed by atoms with Gasteiger partial charge in [-0.3, -0.25) is 4.79 Å². The van der Waals surface area contributed by atoms with Crippen molar-refractivity contribution in [3.63, 3.8) is 0 Å². The molecular weight excluding hydrogens is 582 g/mol. The minimum absolute atomic E-state index is 0.0922. The molecule has 3 aromatic carbocycles. The molecule has 0 aliphatic carbocycles. The van der Waals surface area contributed by atoms with Crippen LogP contribution in [0.1, 0.15) is 34.7 Å². The predicted molar refractivity (Wildman–Crippen MR) is 170 cm³/mol. The quantitative estimate of drug-likeness (QED) is 0.269. The van der Waals surface area contributed by atoms with Crippen LogP contribution in [0, 0.1) is 5.92 Å². The summed E-state index contributed by atoms with van der Waals surface area (Å²) in [5.41, 5.74) is 5.21. The van der Waals surface area contributed by atoms with Gasteiger partial charge in [0.1, 0.15) is 4.90 Å². The minimum atomic E-state index is -3.88. The lowest BCUT2D eigenvalue weighted by Crippen LogP contribution is -2.52. The summed E-state index contributed by atoms with van der Waals surface area (Å²) in [6, 6.07) is 27.2. The van der Waals surface area contributed by atoms with Crippen molar-refractivity contribution in [2.45, 2.75) is 36.2 Å². The maximum absolute atomic E-state index is 14.6. The van der Waals surface area contributed by atoms with Crippen LogP contribution in [0.2, 0.25) is 5.02 Å². The number of halogens is 1. The van der Waals surface area contributed by atoms with Crippen LogP contribution in [-0.4, -0.2) is 56.4 Å². The number of benzene rings is 3. The third kappa shape index (κ3) is 6.50. The molecule has 1 fully saturated rings. The molecule has 1 aromatic heterocycles. The van der Waals surface area contributed by atoms with Gasteiger partial charge in [-0.2, -0.15) is 0 Å². The van der Waals surface area contributed by atoms with Crippen LogP contribution in [0.25, 0.3) is 0 Å². The number of nitrogens with two attached hydrogens (primary N) is 1. The Morgan fingerprint density at radius 2 is 1.60 bits per heavy atom. The van der Waals surface area contributed by atoms with Crippen molar-refractivity contribution in [2.75, 3.05) is 31.1 Å². The van der Waals surface area contributed by atoms with E-state index in [0.29, 0.717) is 43.3 Å². The minimum Gasteiger partial charge on any atom is -0.367 e. The molecule has 43 heavy (non-hydrogen) atoms. The number of hydrogen-bond acceptors (Lipinski definition) is 5. The van der Waals surface area contributed by atoms with Crippen LogP contribution < -0.4 is 15.4 Å². The first-order chi connectivity index (χ1) is 20.8.